The first-order valence-corrected chi connectivity index (χ1v) is 9.05. The number of hydrogen-bond donors (Lipinski definition) is 2. The summed E-state index contributed by atoms with van der Waals surface area (Å²) in [5.41, 5.74) is 5.36. The SMILES string of the molecule is CCN(CC)c1ccc(NC(=O)NCOc2ccc(C)c(C)c2)c(C)c1. The molecule has 0 fully saturated rings. The molecule has 2 aromatic rings. The van der Waals surface area contributed by atoms with Gasteiger partial charge in [-0.05, 0) is 81.6 Å². The monoisotopic (exact) mass is 355 g/mol. The first-order chi connectivity index (χ1) is 12.4. The Kier molecular flexibility index (Phi) is 6.89. The number of rotatable bonds is 7. The van der Waals surface area contributed by atoms with Gasteiger partial charge in [-0.1, -0.05) is 6.07 Å². The zero-order chi connectivity index (χ0) is 19.1. The second-order valence-corrected chi connectivity index (χ2v) is 6.34. The van der Waals surface area contributed by atoms with E-state index in [2.05, 4.69) is 42.4 Å². The normalized spacial score (nSPS) is 10.3. The van der Waals surface area contributed by atoms with E-state index >= 15 is 0 Å². The largest absolute Gasteiger partial charge is 0.473 e. The van der Waals surface area contributed by atoms with E-state index < -0.39 is 0 Å². The molecule has 0 aliphatic carbocycles. The van der Waals surface area contributed by atoms with Crippen LogP contribution in [0.2, 0.25) is 0 Å². The Morgan fingerprint density at radius 1 is 0.962 bits per heavy atom. The first-order valence-electron chi connectivity index (χ1n) is 9.05. The molecular weight excluding hydrogens is 326 g/mol. The van der Waals surface area contributed by atoms with Crippen LogP contribution in [0.25, 0.3) is 0 Å². The summed E-state index contributed by atoms with van der Waals surface area (Å²) in [5, 5.41) is 5.59. The quantitative estimate of drug-likeness (QED) is 0.713. The summed E-state index contributed by atoms with van der Waals surface area (Å²) >= 11 is 0. The molecule has 0 unspecified atom stereocenters. The van der Waals surface area contributed by atoms with Crippen molar-refractivity contribution in [1.82, 2.24) is 5.32 Å². The van der Waals surface area contributed by atoms with Crippen LogP contribution < -0.4 is 20.3 Å². The van der Waals surface area contributed by atoms with Gasteiger partial charge in [-0.3, -0.25) is 0 Å². The number of urea groups is 1. The average Bonchev–Trinajstić information content (AvgIpc) is 2.61. The van der Waals surface area contributed by atoms with Crippen LogP contribution in [0.3, 0.4) is 0 Å². The van der Waals surface area contributed by atoms with Crippen molar-refractivity contribution in [3.63, 3.8) is 0 Å². The lowest BCUT2D eigenvalue weighted by atomic mass is 10.1. The predicted molar refractivity (Wildman–Crippen MR) is 108 cm³/mol. The van der Waals surface area contributed by atoms with Crippen molar-refractivity contribution >= 4 is 17.4 Å². The van der Waals surface area contributed by atoms with E-state index in [0.29, 0.717) is 0 Å². The third kappa shape index (κ3) is 5.15. The minimum absolute atomic E-state index is 0.116. The maximum Gasteiger partial charge on any atom is 0.321 e. The number of hydrogen-bond acceptors (Lipinski definition) is 3. The van der Waals surface area contributed by atoms with Crippen LogP contribution in [-0.2, 0) is 0 Å². The Bertz CT molecular complexity index is 755. The maximum atomic E-state index is 12.1. The van der Waals surface area contributed by atoms with Gasteiger partial charge in [-0.25, -0.2) is 4.79 Å². The van der Waals surface area contributed by atoms with Gasteiger partial charge < -0.3 is 20.3 Å². The van der Waals surface area contributed by atoms with Gasteiger partial charge in [0.1, 0.15) is 5.75 Å². The Morgan fingerprint density at radius 3 is 2.31 bits per heavy atom. The molecule has 2 aromatic carbocycles. The molecule has 5 heteroatoms. The van der Waals surface area contributed by atoms with Crippen LogP contribution >= 0.6 is 0 Å². The standard InChI is InChI=1S/C21H29N3O2/c1-6-24(7-2)18-9-11-20(17(5)12-18)23-21(25)22-14-26-19-10-8-15(3)16(4)13-19/h8-13H,6-7,14H2,1-5H3,(H2,22,23,25). The van der Waals surface area contributed by atoms with Crippen LogP contribution in [0, 0.1) is 20.8 Å². The zero-order valence-electron chi connectivity index (χ0n) is 16.3. The Morgan fingerprint density at radius 2 is 1.69 bits per heavy atom. The van der Waals surface area contributed by atoms with E-state index in [0.717, 1.165) is 41.3 Å². The van der Waals surface area contributed by atoms with Gasteiger partial charge in [0.2, 0.25) is 0 Å². The zero-order valence-corrected chi connectivity index (χ0v) is 16.3. The van der Waals surface area contributed by atoms with Crippen molar-refractivity contribution in [2.24, 2.45) is 0 Å². The van der Waals surface area contributed by atoms with Crippen LogP contribution in [0.4, 0.5) is 16.2 Å². The Hall–Kier alpha value is -2.69. The molecule has 140 valence electrons. The lowest BCUT2D eigenvalue weighted by molar-refractivity contribution is 0.234. The van der Waals surface area contributed by atoms with Gasteiger partial charge in [-0.15, -0.1) is 0 Å². The molecular formula is C21H29N3O2. The smallest absolute Gasteiger partial charge is 0.321 e. The van der Waals surface area contributed by atoms with Crippen molar-refractivity contribution in [3.05, 3.63) is 53.1 Å². The van der Waals surface area contributed by atoms with E-state index in [1.165, 1.54) is 5.56 Å². The number of amides is 2. The summed E-state index contributed by atoms with van der Waals surface area (Å²) in [6.45, 7) is 12.4. The highest BCUT2D eigenvalue weighted by molar-refractivity contribution is 5.90. The first kappa shape index (κ1) is 19.6. The molecule has 0 spiro atoms. The molecule has 0 saturated carbocycles. The van der Waals surface area contributed by atoms with Gasteiger partial charge in [0.05, 0.1) is 0 Å². The highest BCUT2D eigenvalue weighted by atomic mass is 16.5. The minimum Gasteiger partial charge on any atom is -0.473 e. The fourth-order valence-electron chi connectivity index (χ4n) is 2.73. The third-order valence-corrected chi connectivity index (χ3v) is 4.54. The van der Waals surface area contributed by atoms with Gasteiger partial charge >= 0.3 is 6.03 Å². The van der Waals surface area contributed by atoms with Crippen LogP contribution in [-0.4, -0.2) is 25.9 Å². The van der Waals surface area contributed by atoms with Crippen molar-refractivity contribution < 1.29 is 9.53 Å². The number of carbonyl (C=O) groups excluding carboxylic acids is 1. The number of nitrogens with one attached hydrogen (secondary N) is 2. The topological polar surface area (TPSA) is 53.6 Å². The van der Waals surface area contributed by atoms with Crippen molar-refractivity contribution in [2.45, 2.75) is 34.6 Å². The van der Waals surface area contributed by atoms with E-state index in [1.807, 2.05) is 44.2 Å². The van der Waals surface area contributed by atoms with E-state index in [-0.39, 0.29) is 12.8 Å². The summed E-state index contributed by atoms with van der Waals surface area (Å²) in [6, 6.07) is 11.6. The molecule has 0 aliphatic rings. The number of ether oxygens (including phenoxy) is 1. The summed E-state index contributed by atoms with van der Waals surface area (Å²) < 4.78 is 5.58. The van der Waals surface area contributed by atoms with E-state index in [4.69, 9.17) is 4.74 Å². The lowest BCUT2D eigenvalue weighted by Crippen LogP contribution is -2.32. The maximum absolute atomic E-state index is 12.1. The lowest BCUT2D eigenvalue weighted by Gasteiger charge is -2.22. The fourth-order valence-corrected chi connectivity index (χ4v) is 2.73. The van der Waals surface area contributed by atoms with Crippen LogP contribution in [0.5, 0.6) is 5.75 Å². The average molecular weight is 355 g/mol. The third-order valence-electron chi connectivity index (χ3n) is 4.54. The molecule has 0 radical (unpaired) electrons. The van der Waals surface area contributed by atoms with Crippen molar-refractivity contribution in [1.29, 1.82) is 0 Å². The van der Waals surface area contributed by atoms with Crippen molar-refractivity contribution in [2.75, 3.05) is 30.0 Å². The second kappa shape index (κ2) is 9.13. The van der Waals surface area contributed by atoms with Gasteiger partial charge in [-0.2, -0.15) is 0 Å². The molecule has 0 atom stereocenters. The second-order valence-electron chi connectivity index (χ2n) is 6.34. The minimum atomic E-state index is -0.285. The molecule has 26 heavy (non-hydrogen) atoms. The molecule has 0 bridgehead atoms. The Labute approximate surface area is 156 Å². The number of aryl methyl sites for hydroxylation is 3. The summed E-state index contributed by atoms with van der Waals surface area (Å²) in [7, 11) is 0. The number of anilines is 2. The molecule has 2 N–H and O–H groups in total. The van der Waals surface area contributed by atoms with Gasteiger partial charge in [0.25, 0.3) is 0 Å². The summed E-state index contributed by atoms with van der Waals surface area (Å²) in [6.07, 6.45) is 0. The van der Waals surface area contributed by atoms with Crippen LogP contribution in [0.15, 0.2) is 36.4 Å². The van der Waals surface area contributed by atoms with Crippen LogP contribution in [0.1, 0.15) is 30.5 Å². The summed E-state index contributed by atoms with van der Waals surface area (Å²) in [4.78, 5) is 14.4. The molecule has 0 aliphatic heterocycles. The summed E-state index contributed by atoms with van der Waals surface area (Å²) in [5.74, 6) is 0.744. The number of benzene rings is 2. The Balaban J connectivity index is 1.88. The molecule has 0 aromatic heterocycles. The molecule has 0 heterocycles. The molecule has 2 amide bonds. The van der Waals surface area contributed by atoms with E-state index in [1.54, 1.807) is 0 Å². The molecule has 2 rings (SSSR count). The number of nitrogens with zero attached hydrogens (tertiary/aromatic N) is 1. The fraction of sp³-hybridized carbons (Fsp3) is 0.381. The molecule has 0 saturated heterocycles. The number of carbonyl (C=O) groups is 1. The highest BCUT2D eigenvalue weighted by Gasteiger charge is 2.08. The molecule has 5 nitrogen and oxygen atoms in total. The highest BCUT2D eigenvalue weighted by Crippen LogP contribution is 2.22. The van der Waals surface area contributed by atoms with Gasteiger partial charge in [0.15, 0.2) is 6.73 Å². The predicted octanol–water partition coefficient (Wildman–Crippen LogP) is 4.62. The van der Waals surface area contributed by atoms with E-state index in [9.17, 15) is 4.79 Å². The van der Waals surface area contributed by atoms with Gasteiger partial charge in [0, 0.05) is 24.5 Å². The van der Waals surface area contributed by atoms with Crippen molar-refractivity contribution in [3.8, 4) is 5.75 Å².